The summed E-state index contributed by atoms with van der Waals surface area (Å²) in [7, 11) is -3.42. The van der Waals surface area contributed by atoms with Crippen molar-refractivity contribution in [3.05, 3.63) is 54.2 Å². The third kappa shape index (κ3) is 5.75. The highest BCUT2D eigenvalue weighted by molar-refractivity contribution is 7.90. The summed E-state index contributed by atoms with van der Waals surface area (Å²) in [4.78, 5) is 29.8. The number of hydrogen-bond donors (Lipinski definition) is 1. The van der Waals surface area contributed by atoms with Crippen LogP contribution in [0, 0.1) is 0 Å². The van der Waals surface area contributed by atoms with Crippen molar-refractivity contribution in [2.24, 2.45) is 0 Å². The molecular formula is C22H22ClN7O5S. The first kappa shape index (κ1) is 25.4. The second kappa shape index (κ2) is 10.5. The van der Waals surface area contributed by atoms with Gasteiger partial charge in [-0.1, -0.05) is 11.6 Å². The third-order valence-corrected chi connectivity index (χ3v) is 6.20. The van der Waals surface area contributed by atoms with Crippen LogP contribution in [0.15, 0.2) is 54.1 Å². The maximum absolute atomic E-state index is 13.1. The number of aromatic nitrogens is 6. The number of carbonyl (C=O) groups excluding carboxylic acids is 1. The van der Waals surface area contributed by atoms with Crippen molar-refractivity contribution >= 4 is 44.2 Å². The quantitative estimate of drug-likeness (QED) is 0.341. The van der Waals surface area contributed by atoms with Crippen LogP contribution in [0.25, 0.3) is 16.9 Å². The summed E-state index contributed by atoms with van der Waals surface area (Å²) >= 11 is 6.26. The van der Waals surface area contributed by atoms with E-state index in [1.807, 2.05) is 13.8 Å². The molecule has 12 nitrogen and oxygen atoms in total. The van der Waals surface area contributed by atoms with Gasteiger partial charge in [0.05, 0.1) is 28.8 Å². The Morgan fingerprint density at radius 2 is 1.94 bits per heavy atom. The molecule has 4 aromatic rings. The van der Waals surface area contributed by atoms with Crippen LogP contribution in [0.2, 0.25) is 5.02 Å². The normalized spacial score (nSPS) is 12.6. The number of amides is 1. The van der Waals surface area contributed by atoms with Crippen molar-refractivity contribution in [2.45, 2.75) is 31.0 Å². The lowest BCUT2D eigenvalue weighted by atomic mass is 10.3. The summed E-state index contributed by atoms with van der Waals surface area (Å²) < 4.78 is 36.3. The number of carbonyl (C=O) groups is 1. The van der Waals surface area contributed by atoms with E-state index in [1.165, 1.54) is 29.3 Å². The number of sulfone groups is 1. The van der Waals surface area contributed by atoms with Crippen molar-refractivity contribution < 1.29 is 22.7 Å². The SMILES string of the molecule is CC(C)OCC(Oc1ncnc2c1cnn2-c1ncccc1Cl)C(=O)Nc1ccc(S(C)(=O)=O)cn1. The highest BCUT2D eigenvalue weighted by Gasteiger charge is 2.25. The van der Waals surface area contributed by atoms with E-state index in [-0.39, 0.29) is 29.3 Å². The van der Waals surface area contributed by atoms with Gasteiger partial charge in [0.2, 0.25) is 12.0 Å². The predicted octanol–water partition coefficient (Wildman–Crippen LogP) is 2.47. The van der Waals surface area contributed by atoms with Gasteiger partial charge in [-0.05, 0) is 38.1 Å². The molecule has 0 fully saturated rings. The van der Waals surface area contributed by atoms with Gasteiger partial charge in [0.1, 0.15) is 17.5 Å². The van der Waals surface area contributed by atoms with E-state index in [0.29, 0.717) is 21.9 Å². The summed E-state index contributed by atoms with van der Waals surface area (Å²) in [6.45, 7) is 3.56. The second-order valence-corrected chi connectivity index (χ2v) is 10.3. The summed E-state index contributed by atoms with van der Waals surface area (Å²) in [6, 6.07) is 6.11. The van der Waals surface area contributed by atoms with Gasteiger partial charge < -0.3 is 14.8 Å². The summed E-state index contributed by atoms with van der Waals surface area (Å²) in [5, 5.41) is 7.72. The first-order valence-electron chi connectivity index (χ1n) is 10.7. The molecule has 1 unspecified atom stereocenters. The lowest BCUT2D eigenvalue weighted by Crippen LogP contribution is -2.38. The van der Waals surface area contributed by atoms with Gasteiger partial charge in [-0.25, -0.2) is 28.4 Å². The van der Waals surface area contributed by atoms with Gasteiger partial charge in [-0.15, -0.1) is 0 Å². The number of rotatable bonds is 9. The molecular weight excluding hydrogens is 510 g/mol. The smallest absolute Gasteiger partial charge is 0.269 e. The molecule has 0 aliphatic rings. The molecule has 4 rings (SSSR count). The Morgan fingerprint density at radius 3 is 2.61 bits per heavy atom. The molecule has 4 aromatic heterocycles. The Hall–Kier alpha value is -3.68. The number of nitrogens with zero attached hydrogens (tertiary/aromatic N) is 6. The van der Waals surface area contributed by atoms with E-state index in [4.69, 9.17) is 21.1 Å². The molecule has 0 aliphatic heterocycles. The average Bonchev–Trinajstić information content (AvgIpc) is 3.26. The molecule has 1 amide bonds. The zero-order chi connectivity index (χ0) is 25.9. The highest BCUT2D eigenvalue weighted by Crippen LogP contribution is 2.26. The molecule has 0 bridgehead atoms. The predicted molar refractivity (Wildman–Crippen MR) is 131 cm³/mol. The van der Waals surface area contributed by atoms with Crippen molar-refractivity contribution in [2.75, 3.05) is 18.2 Å². The lowest BCUT2D eigenvalue weighted by molar-refractivity contribution is -0.126. The lowest BCUT2D eigenvalue weighted by Gasteiger charge is -2.19. The number of hydrogen-bond acceptors (Lipinski definition) is 10. The Kier molecular flexibility index (Phi) is 7.43. The van der Waals surface area contributed by atoms with Gasteiger partial charge in [-0.2, -0.15) is 9.78 Å². The molecule has 188 valence electrons. The zero-order valence-corrected chi connectivity index (χ0v) is 21.1. The number of ether oxygens (including phenoxy) is 2. The molecule has 0 aliphatic carbocycles. The van der Waals surface area contributed by atoms with Crippen LogP contribution in [-0.2, 0) is 19.4 Å². The fraction of sp³-hybridized carbons (Fsp3) is 0.273. The van der Waals surface area contributed by atoms with E-state index in [9.17, 15) is 13.2 Å². The van der Waals surface area contributed by atoms with E-state index in [1.54, 1.807) is 18.3 Å². The molecule has 0 radical (unpaired) electrons. The number of nitrogens with one attached hydrogen (secondary N) is 1. The molecule has 14 heteroatoms. The number of halogens is 1. The fourth-order valence-corrected chi connectivity index (χ4v) is 3.82. The average molecular weight is 532 g/mol. The van der Waals surface area contributed by atoms with Gasteiger partial charge in [-0.3, -0.25) is 4.79 Å². The molecule has 1 N–H and O–H groups in total. The Balaban J connectivity index is 1.60. The zero-order valence-electron chi connectivity index (χ0n) is 19.5. The summed E-state index contributed by atoms with van der Waals surface area (Å²) in [6.07, 6.45) is 5.28. The molecule has 1 atom stereocenters. The maximum Gasteiger partial charge on any atom is 0.269 e. The number of fused-ring (bicyclic) bond motifs is 1. The van der Waals surface area contributed by atoms with Crippen LogP contribution in [0.5, 0.6) is 5.88 Å². The van der Waals surface area contributed by atoms with Crippen LogP contribution in [0.3, 0.4) is 0 Å². The number of anilines is 1. The topological polar surface area (TPSA) is 151 Å². The Labute approximate surface area is 211 Å². The van der Waals surface area contributed by atoms with Gasteiger partial charge in [0, 0.05) is 18.6 Å². The Bertz CT molecular complexity index is 1490. The largest absolute Gasteiger partial charge is 0.461 e. The van der Waals surface area contributed by atoms with E-state index in [0.717, 1.165) is 12.5 Å². The second-order valence-electron chi connectivity index (χ2n) is 7.91. The van der Waals surface area contributed by atoms with Gasteiger partial charge >= 0.3 is 0 Å². The van der Waals surface area contributed by atoms with E-state index in [2.05, 4.69) is 30.4 Å². The summed E-state index contributed by atoms with van der Waals surface area (Å²) in [5.74, 6) is 0.0595. The standard InChI is InChI=1S/C22H22ClN7O5S/c1-13(2)34-11-17(21(31)29-18-7-6-14(9-25-18)36(3,32)33)35-22-15-10-28-30(19(15)26-12-27-22)20-16(23)5-4-8-24-20/h4-10,12-13,17H,11H2,1-3H3,(H,25,29,31). The van der Waals surface area contributed by atoms with E-state index >= 15 is 0 Å². The van der Waals surface area contributed by atoms with Crippen LogP contribution in [-0.4, -0.2) is 69.1 Å². The van der Waals surface area contributed by atoms with Crippen LogP contribution in [0.1, 0.15) is 13.8 Å². The van der Waals surface area contributed by atoms with Crippen LogP contribution in [0.4, 0.5) is 5.82 Å². The summed E-state index contributed by atoms with van der Waals surface area (Å²) in [5.41, 5.74) is 0.377. The molecule has 4 heterocycles. The molecule has 0 saturated carbocycles. The molecule has 0 spiro atoms. The van der Waals surface area contributed by atoms with Crippen molar-refractivity contribution in [1.29, 1.82) is 0 Å². The molecule has 0 aromatic carbocycles. The van der Waals surface area contributed by atoms with Gasteiger partial charge in [0.15, 0.2) is 21.3 Å². The minimum atomic E-state index is -3.42. The Morgan fingerprint density at radius 1 is 1.14 bits per heavy atom. The highest BCUT2D eigenvalue weighted by atomic mass is 35.5. The van der Waals surface area contributed by atoms with Crippen LogP contribution < -0.4 is 10.1 Å². The van der Waals surface area contributed by atoms with Crippen molar-refractivity contribution in [3.8, 4) is 11.7 Å². The van der Waals surface area contributed by atoms with Gasteiger partial charge in [0.25, 0.3) is 5.91 Å². The van der Waals surface area contributed by atoms with E-state index < -0.39 is 21.8 Å². The first-order valence-corrected chi connectivity index (χ1v) is 13.0. The minimum absolute atomic E-state index is 0.0323. The molecule has 36 heavy (non-hydrogen) atoms. The maximum atomic E-state index is 13.1. The monoisotopic (exact) mass is 531 g/mol. The third-order valence-electron chi connectivity index (χ3n) is 4.81. The minimum Gasteiger partial charge on any atom is -0.461 e. The molecule has 0 saturated heterocycles. The van der Waals surface area contributed by atoms with Crippen molar-refractivity contribution in [3.63, 3.8) is 0 Å². The van der Waals surface area contributed by atoms with Crippen molar-refractivity contribution in [1.82, 2.24) is 29.7 Å². The fourth-order valence-electron chi connectivity index (χ4n) is 3.06. The van der Waals surface area contributed by atoms with Crippen LogP contribution >= 0.6 is 11.6 Å². The number of pyridine rings is 2. The first-order chi connectivity index (χ1) is 17.1.